The van der Waals surface area contributed by atoms with Gasteiger partial charge in [0.2, 0.25) is 5.78 Å². The molecule has 0 aliphatic rings. The molecule has 4 aromatic rings. The SMILES string of the molecule is NC(=O)C(=O)C(Cc1csc2sccc12)NC(=O)c1nsnc1-c1ccccn1. The van der Waals surface area contributed by atoms with Gasteiger partial charge in [-0.3, -0.25) is 19.4 Å². The molecule has 0 aliphatic heterocycles. The molecule has 0 radical (unpaired) electrons. The van der Waals surface area contributed by atoms with Crippen molar-refractivity contribution >= 4 is 61.4 Å². The van der Waals surface area contributed by atoms with Crippen molar-refractivity contribution in [3.63, 3.8) is 0 Å². The van der Waals surface area contributed by atoms with Crippen molar-refractivity contribution in [2.75, 3.05) is 0 Å². The Morgan fingerprint density at radius 2 is 2.00 bits per heavy atom. The number of hydrogen-bond donors (Lipinski definition) is 2. The molecular weight excluding hydrogens is 430 g/mol. The lowest BCUT2D eigenvalue weighted by molar-refractivity contribution is -0.137. The highest BCUT2D eigenvalue weighted by Crippen LogP contribution is 2.31. The smallest absolute Gasteiger partial charge is 0.287 e. The van der Waals surface area contributed by atoms with Gasteiger partial charge in [-0.2, -0.15) is 8.75 Å². The number of hydrogen-bond acceptors (Lipinski definition) is 9. The summed E-state index contributed by atoms with van der Waals surface area (Å²) in [5, 5.41) is 7.47. The fourth-order valence-corrected chi connectivity index (χ4v) is 5.35. The Labute approximate surface area is 176 Å². The van der Waals surface area contributed by atoms with Crippen LogP contribution in [0.15, 0.2) is 41.2 Å². The topological polar surface area (TPSA) is 128 Å². The number of thiophene rings is 2. The Kier molecular flexibility index (Phi) is 5.43. The van der Waals surface area contributed by atoms with E-state index in [-0.39, 0.29) is 12.1 Å². The molecule has 4 aromatic heterocycles. The summed E-state index contributed by atoms with van der Waals surface area (Å²) in [6.45, 7) is 0. The zero-order valence-electron chi connectivity index (χ0n) is 14.7. The highest BCUT2D eigenvalue weighted by molar-refractivity contribution is 7.36. The largest absolute Gasteiger partial charge is 0.363 e. The van der Waals surface area contributed by atoms with E-state index in [4.69, 9.17) is 5.73 Å². The Hall–Kier alpha value is -3.02. The standard InChI is InChI=1S/C18H13N5O3S3/c19-16(25)15(24)12(7-9-8-28-18-10(9)4-6-27-18)21-17(26)14-13(22-29-23-14)11-3-1-2-5-20-11/h1-6,8,12H,7H2,(H2,19,25)(H,21,26). The molecule has 0 saturated heterocycles. The molecule has 1 atom stereocenters. The number of amides is 2. The van der Waals surface area contributed by atoms with Crippen molar-refractivity contribution in [3.8, 4) is 11.4 Å². The number of fused-ring (bicyclic) bond motifs is 1. The zero-order chi connectivity index (χ0) is 20.4. The lowest BCUT2D eigenvalue weighted by atomic mass is 10.0. The van der Waals surface area contributed by atoms with Crippen molar-refractivity contribution in [1.29, 1.82) is 0 Å². The number of Topliss-reactive ketones (excluding diaryl/α,β-unsaturated/α-hetero) is 1. The minimum atomic E-state index is -1.10. The lowest BCUT2D eigenvalue weighted by Crippen LogP contribution is -2.47. The first-order chi connectivity index (χ1) is 14.0. The number of rotatable bonds is 7. The van der Waals surface area contributed by atoms with Gasteiger partial charge in [-0.25, -0.2) is 0 Å². The van der Waals surface area contributed by atoms with Gasteiger partial charge >= 0.3 is 0 Å². The minimum Gasteiger partial charge on any atom is -0.363 e. The van der Waals surface area contributed by atoms with Crippen LogP contribution in [0.1, 0.15) is 16.1 Å². The van der Waals surface area contributed by atoms with Crippen LogP contribution in [0.2, 0.25) is 0 Å². The van der Waals surface area contributed by atoms with Gasteiger partial charge in [-0.1, -0.05) is 6.07 Å². The number of nitrogens with zero attached hydrogens (tertiary/aromatic N) is 3. The van der Waals surface area contributed by atoms with Crippen LogP contribution in [-0.2, 0) is 16.0 Å². The van der Waals surface area contributed by atoms with E-state index in [9.17, 15) is 14.4 Å². The molecule has 0 fully saturated rings. The fraction of sp³-hybridized carbons (Fsp3) is 0.111. The second-order valence-corrected chi connectivity index (χ2v) is 8.60. The van der Waals surface area contributed by atoms with Gasteiger partial charge < -0.3 is 11.1 Å². The van der Waals surface area contributed by atoms with E-state index >= 15 is 0 Å². The van der Waals surface area contributed by atoms with Crippen LogP contribution in [0.3, 0.4) is 0 Å². The van der Waals surface area contributed by atoms with E-state index in [0.29, 0.717) is 11.4 Å². The van der Waals surface area contributed by atoms with E-state index in [1.807, 2.05) is 16.8 Å². The van der Waals surface area contributed by atoms with Crippen LogP contribution in [0, 0.1) is 0 Å². The van der Waals surface area contributed by atoms with E-state index in [0.717, 1.165) is 26.7 Å². The number of nitrogens with one attached hydrogen (secondary N) is 1. The Balaban J connectivity index is 1.61. The molecule has 0 bridgehead atoms. The summed E-state index contributed by atoms with van der Waals surface area (Å²) in [4.78, 5) is 40.9. The number of primary amides is 1. The van der Waals surface area contributed by atoms with Gasteiger partial charge in [0.05, 0.1) is 21.4 Å². The van der Waals surface area contributed by atoms with Crippen molar-refractivity contribution in [3.05, 3.63) is 52.5 Å². The minimum absolute atomic E-state index is 0.0435. The molecule has 29 heavy (non-hydrogen) atoms. The maximum atomic E-state index is 12.8. The second kappa shape index (κ2) is 8.15. The van der Waals surface area contributed by atoms with E-state index < -0.39 is 23.6 Å². The molecule has 8 nitrogen and oxygen atoms in total. The summed E-state index contributed by atoms with van der Waals surface area (Å²) in [7, 11) is 0. The fourth-order valence-electron chi connectivity index (χ4n) is 2.81. The quantitative estimate of drug-likeness (QED) is 0.422. The van der Waals surface area contributed by atoms with Crippen LogP contribution in [0.4, 0.5) is 0 Å². The van der Waals surface area contributed by atoms with Crippen LogP contribution < -0.4 is 11.1 Å². The number of ketones is 1. The Bertz CT molecular complexity index is 1200. The zero-order valence-corrected chi connectivity index (χ0v) is 17.1. The molecule has 146 valence electrons. The van der Waals surface area contributed by atoms with Gasteiger partial charge in [0.1, 0.15) is 11.7 Å². The van der Waals surface area contributed by atoms with Crippen LogP contribution in [0.5, 0.6) is 0 Å². The predicted molar refractivity (Wildman–Crippen MR) is 112 cm³/mol. The van der Waals surface area contributed by atoms with Crippen molar-refractivity contribution in [2.45, 2.75) is 12.5 Å². The summed E-state index contributed by atoms with van der Waals surface area (Å²) >= 11 is 4.01. The molecule has 11 heteroatoms. The maximum Gasteiger partial charge on any atom is 0.287 e. The summed E-state index contributed by atoms with van der Waals surface area (Å²) < 4.78 is 9.29. The molecule has 0 aliphatic carbocycles. The van der Waals surface area contributed by atoms with Gasteiger partial charge in [0, 0.05) is 18.0 Å². The summed E-state index contributed by atoms with van der Waals surface area (Å²) in [6.07, 6.45) is 1.74. The molecular formula is C18H13N5O3S3. The number of nitrogens with two attached hydrogens (primary N) is 1. The average molecular weight is 444 g/mol. The summed E-state index contributed by atoms with van der Waals surface area (Å²) in [6, 6.07) is 6.07. The van der Waals surface area contributed by atoms with Gasteiger partial charge in [0.25, 0.3) is 11.8 Å². The van der Waals surface area contributed by atoms with E-state index in [1.54, 1.807) is 47.1 Å². The first kappa shape index (κ1) is 19.3. The number of carbonyl (C=O) groups is 3. The molecule has 0 saturated carbocycles. The summed E-state index contributed by atoms with van der Waals surface area (Å²) in [5.41, 5.74) is 6.92. The van der Waals surface area contributed by atoms with Gasteiger partial charge in [-0.05, 0) is 34.5 Å². The Morgan fingerprint density at radius 1 is 1.14 bits per heavy atom. The van der Waals surface area contributed by atoms with Crippen LogP contribution in [-0.4, -0.2) is 37.4 Å². The molecule has 2 amide bonds. The third kappa shape index (κ3) is 3.92. The first-order valence-corrected chi connectivity index (χ1v) is 10.9. The highest BCUT2D eigenvalue weighted by Gasteiger charge is 2.29. The number of carbonyl (C=O) groups excluding carboxylic acids is 3. The summed E-state index contributed by atoms with van der Waals surface area (Å²) in [5.74, 6) is -2.58. The first-order valence-electron chi connectivity index (χ1n) is 8.36. The van der Waals surface area contributed by atoms with Gasteiger partial charge in [0.15, 0.2) is 5.69 Å². The number of aromatic nitrogens is 3. The predicted octanol–water partition coefficient (Wildman–Crippen LogP) is 2.27. The molecule has 1 unspecified atom stereocenters. The maximum absolute atomic E-state index is 12.8. The van der Waals surface area contributed by atoms with Crippen molar-refractivity contribution in [2.24, 2.45) is 5.73 Å². The average Bonchev–Trinajstić information content (AvgIpc) is 3.45. The van der Waals surface area contributed by atoms with Crippen molar-refractivity contribution < 1.29 is 14.4 Å². The monoisotopic (exact) mass is 443 g/mol. The number of pyridine rings is 1. The molecule has 0 spiro atoms. The lowest BCUT2D eigenvalue weighted by Gasteiger charge is -2.15. The molecule has 0 aromatic carbocycles. The molecule has 4 heterocycles. The Morgan fingerprint density at radius 3 is 2.76 bits per heavy atom. The van der Waals surface area contributed by atoms with E-state index in [1.165, 1.54) is 0 Å². The highest BCUT2D eigenvalue weighted by atomic mass is 32.2. The second-order valence-electron chi connectivity index (χ2n) is 6.02. The molecule has 3 N–H and O–H groups in total. The van der Waals surface area contributed by atoms with E-state index in [2.05, 4.69) is 19.0 Å². The normalized spacial score (nSPS) is 12.0. The van der Waals surface area contributed by atoms with Crippen molar-refractivity contribution in [1.82, 2.24) is 19.0 Å². The van der Waals surface area contributed by atoms with Crippen LogP contribution >= 0.6 is 34.4 Å². The third-order valence-corrected chi connectivity index (χ3v) is 6.83. The van der Waals surface area contributed by atoms with Crippen LogP contribution in [0.25, 0.3) is 20.8 Å². The van der Waals surface area contributed by atoms with Gasteiger partial charge in [-0.15, -0.1) is 22.7 Å². The third-order valence-electron chi connectivity index (χ3n) is 4.18. The molecule has 4 rings (SSSR count).